The minimum Gasteiger partial charge on any atom is -0.324 e. The van der Waals surface area contributed by atoms with Crippen LogP contribution in [0.15, 0.2) is 0 Å². The average molecular weight is 206 g/mol. The van der Waals surface area contributed by atoms with Crippen molar-refractivity contribution in [3.8, 4) is 0 Å². The SMILES string of the molecule is C1CCCOC2(CCC1)OOOOO2. The van der Waals surface area contributed by atoms with Crippen molar-refractivity contribution in [2.24, 2.45) is 0 Å². The number of hydrogen-bond acceptors (Lipinski definition) is 6. The van der Waals surface area contributed by atoms with E-state index in [1.807, 2.05) is 0 Å². The summed E-state index contributed by atoms with van der Waals surface area (Å²) in [6, 6.07) is 0. The van der Waals surface area contributed by atoms with E-state index in [4.69, 9.17) is 14.5 Å². The highest BCUT2D eigenvalue weighted by atomic mass is 17.8. The molecule has 6 nitrogen and oxygen atoms in total. The van der Waals surface area contributed by atoms with Gasteiger partial charge >= 0.3 is 5.97 Å². The summed E-state index contributed by atoms with van der Waals surface area (Å²) in [4.78, 5) is 9.61. The van der Waals surface area contributed by atoms with Crippen LogP contribution in [0.5, 0.6) is 0 Å². The second kappa shape index (κ2) is 5.01. The van der Waals surface area contributed by atoms with Crippen molar-refractivity contribution < 1.29 is 29.6 Å². The van der Waals surface area contributed by atoms with Crippen molar-refractivity contribution in [2.75, 3.05) is 6.61 Å². The minimum atomic E-state index is -1.25. The Labute approximate surface area is 81.7 Å². The third-order valence-corrected chi connectivity index (χ3v) is 2.33. The predicted molar refractivity (Wildman–Crippen MR) is 41.8 cm³/mol. The van der Waals surface area contributed by atoms with Gasteiger partial charge in [-0.05, 0) is 28.0 Å². The molecule has 14 heavy (non-hydrogen) atoms. The van der Waals surface area contributed by atoms with Gasteiger partial charge < -0.3 is 4.74 Å². The highest BCUT2D eigenvalue weighted by Gasteiger charge is 2.41. The molecule has 6 heteroatoms. The maximum absolute atomic E-state index is 5.42. The van der Waals surface area contributed by atoms with E-state index in [1.165, 1.54) is 6.42 Å². The minimum absolute atomic E-state index is 0.562. The normalized spacial score (nSPS) is 29.1. The van der Waals surface area contributed by atoms with E-state index in [9.17, 15) is 0 Å². The Morgan fingerprint density at radius 1 is 0.714 bits per heavy atom. The van der Waals surface area contributed by atoms with Crippen LogP contribution in [-0.2, 0) is 29.6 Å². The molecule has 0 aromatic rings. The van der Waals surface area contributed by atoms with Gasteiger partial charge in [-0.1, -0.05) is 19.3 Å². The smallest absolute Gasteiger partial charge is 0.324 e. The van der Waals surface area contributed by atoms with Gasteiger partial charge in [0.1, 0.15) is 0 Å². The first kappa shape index (κ1) is 10.3. The molecule has 2 saturated heterocycles. The number of hydrogen-bond donors (Lipinski definition) is 0. The molecule has 0 amide bonds. The van der Waals surface area contributed by atoms with Crippen LogP contribution in [0.1, 0.15) is 38.5 Å². The van der Waals surface area contributed by atoms with Crippen LogP contribution in [0.25, 0.3) is 0 Å². The van der Waals surface area contributed by atoms with Crippen LogP contribution >= 0.6 is 0 Å². The van der Waals surface area contributed by atoms with E-state index in [2.05, 4.69) is 15.1 Å². The summed E-state index contributed by atoms with van der Waals surface area (Å²) in [5.74, 6) is -1.25. The number of rotatable bonds is 0. The standard InChI is InChI=1S/C8H14O6/c1-2-4-6-8(9-7-5-3-1)10-12-14-13-11-8/h1-7H2. The van der Waals surface area contributed by atoms with Crippen LogP contribution in [0, 0.1) is 0 Å². The molecule has 2 rings (SSSR count). The molecule has 0 bridgehead atoms. The molecule has 0 aromatic carbocycles. The van der Waals surface area contributed by atoms with Gasteiger partial charge in [0.05, 0.1) is 6.61 Å². The second-order valence-electron chi connectivity index (χ2n) is 3.42. The Kier molecular flexibility index (Phi) is 3.68. The summed E-state index contributed by atoms with van der Waals surface area (Å²) < 4.78 is 5.42. The largest absolute Gasteiger partial charge is 0.346 e. The Bertz CT molecular complexity index is 155. The molecule has 1 spiro atoms. The first-order chi connectivity index (χ1) is 6.91. The Morgan fingerprint density at radius 2 is 1.43 bits per heavy atom. The van der Waals surface area contributed by atoms with Gasteiger partial charge in [-0.25, -0.2) is 0 Å². The van der Waals surface area contributed by atoms with Crippen LogP contribution in [0.4, 0.5) is 0 Å². The molecule has 0 N–H and O–H groups in total. The molecule has 2 fully saturated rings. The molecular formula is C8H14O6. The lowest BCUT2D eigenvalue weighted by Crippen LogP contribution is -2.42. The van der Waals surface area contributed by atoms with Gasteiger partial charge in [0.15, 0.2) is 0 Å². The fourth-order valence-electron chi connectivity index (χ4n) is 1.56. The number of ether oxygens (including phenoxy) is 1. The van der Waals surface area contributed by atoms with Crippen molar-refractivity contribution in [3.05, 3.63) is 0 Å². The zero-order valence-corrected chi connectivity index (χ0v) is 7.90. The first-order valence-electron chi connectivity index (χ1n) is 4.92. The van der Waals surface area contributed by atoms with Crippen molar-refractivity contribution in [1.29, 1.82) is 0 Å². The fraction of sp³-hybridized carbons (Fsp3) is 1.00. The molecule has 0 unspecified atom stereocenters. The summed E-state index contributed by atoms with van der Waals surface area (Å²) in [6.45, 7) is 0.562. The van der Waals surface area contributed by atoms with Crippen LogP contribution in [0.3, 0.4) is 0 Å². The van der Waals surface area contributed by atoms with E-state index in [0.29, 0.717) is 13.0 Å². The molecule has 2 heterocycles. The lowest BCUT2D eigenvalue weighted by Gasteiger charge is -2.30. The van der Waals surface area contributed by atoms with Crippen molar-refractivity contribution >= 4 is 0 Å². The second-order valence-corrected chi connectivity index (χ2v) is 3.42. The summed E-state index contributed by atoms with van der Waals surface area (Å²) in [6.07, 6.45) is 5.98. The van der Waals surface area contributed by atoms with Crippen LogP contribution < -0.4 is 0 Å². The molecule has 82 valence electrons. The van der Waals surface area contributed by atoms with Gasteiger partial charge in [0.25, 0.3) is 0 Å². The molecule has 0 radical (unpaired) electrons. The summed E-state index contributed by atoms with van der Waals surface area (Å²) in [7, 11) is 0. The zero-order chi connectivity index (χ0) is 9.69. The van der Waals surface area contributed by atoms with E-state index >= 15 is 0 Å². The Morgan fingerprint density at radius 3 is 2.29 bits per heavy atom. The van der Waals surface area contributed by atoms with Crippen LogP contribution in [0.2, 0.25) is 0 Å². The van der Waals surface area contributed by atoms with Crippen molar-refractivity contribution in [2.45, 2.75) is 44.5 Å². The molecule has 0 atom stereocenters. The van der Waals surface area contributed by atoms with Crippen molar-refractivity contribution in [1.82, 2.24) is 0 Å². The molecule has 2 aliphatic heterocycles. The monoisotopic (exact) mass is 206 g/mol. The summed E-state index contributed by atoms with van der Waals surface area (Å²) >= 11 is 0. The lowest BCUT2D eigenvalue weighted by molar-refractivity contribution is -0.829. The fourth-order valence-corrected chi connectivity index (χ4v) is 1.56. The highest BCUT2D eigenvalue weighted by Crippen LogP contribution is 2.29. The van der Waals surface area contributed by atoms with Gasteiger partial charge in [0, 0.05) is 6.42 Å². The van der Waals surface area contributed by atoms with Gasteiger partial charge in [0.2, 0.25) is 0 Å². The quantitative estimate of drug-likeness (QED) is 0.563. The van der Waals surface area contributed by atoms with Crippen LogP contribution in [-0.4, -0.2) is 12.6 Å². The van der Waals surface area contributed by atoms with E-state index in [1.54, 1.807) is 0 Å². The topological polar surface area (TPSA) is 55.4 Å². The van der Waals surface area contributed by atoms with Crippen molar-refractivity contribution in [3.63, 3.8) is 0 Å². The molecule has 0 saturated carbocycles. The van der Waals surface area contributed by atoms with E-state index in [-0.39, 0.29) is 0 Å². The van der Waals surface area contributed by atoms with E-state index < -0.39 is 5.97 Å². The predicted octanol–water partition coefficient (Wildman–Crippen LogP) is 1.77. The zero-order valence-electron chi connectivity index (χ0n) is 7.90. The first-order valence-corrected chi connectivity index (χ1v) is 4.92. The highest BCUT2D eigenvalue weighted by molar-refractivity contribution is 4.58. The average Bonchev–Trinajstić information content (AvgIpc) is 2.33. The lowest BCUT2D eigenvalue weighted by atomic mass is 10.1. The molecule has 0 aromatic heterocycles. The summed E-state index contributed by atoms with van der Waals surface area (Å²) in [5.41, 5.74) is 0. The Balaban J connectivity index is 1.91. The molecule has 2 aliphatic rings. The maximum Gasteiger partial charge on any atom is 0.346 e. The van der Waals surface area contributed by atoms with Gasteiger partial charge in [-0.15, -0.1) is 9.78 Å². The van der Waals surface area contributed by atoms with E-state index in [0.717, 1.165) is 25.7 Å². The van der Waals surface area contributed by atoms with Gasteiger partial charge in [-0.3, -0.25) is 0 Å². The third-order valence-electron chi connectivity index (χ3n) is 2.33. The summed E-state index contributed by atoms with van der Waals surface area (Å²) in [5, 5.41) is 12.4. The molecular weight excluding hydrogens is 192 g/mol. The maximum atomic E-state index is 5.42. The molecule has 0 aliphatic carbocycles. The Hall–Kier alpha value is -0.240. The third kappa shape index (κ3) is 2.63. The van der Waals surface area contributed by atoms with Gasteiger partial charge in [-0.2, -0.15) is 0 Å².